The third-order valence-electron chi connectivity index (χ3n) is 4.16. The molecular weight excluding hydrogens is 320 g/mol. The molecule has 0 aliphatic heterocycles. The first-order chi connectivity index (χ1) is 11.9. The minimum atomic E-state index is -1.08. The number of methoxy groups -OCH3 is 1. The van der Waals surface area contributed by atoms with Crippen molar-refractivity contribution in [2.24, 2.45) is 0 Å². The normalized spacial score (nSPS) is 11.3. The van der Waals surface area contributed by atoms with Crippen LogP contribution < -0.4 is 4.74 Å². The van der Waals surface area contributed by atoms with Crippen molar-refractivity contribution in [3.05, 3.63) is 64.8 Å². The van der Waals surface area contributed by atoms with Gasteiger partial charge in [0.15, 0.2) is 5.69 Å². The SMILES string of the molecule is [C-]#[N+]c1ccc2c(C(=O)O)c(C(C)(C)c3cccc(OC)n3)oc2c1. The Morgan fingerprint density at radius 1 is 1.32 bits per heavy atom. The van der Waals surface area contributed by atoms with E-state index in [2.05, 4.69) is 9.83 Å². The lowest BCUT2D eigenvalue weighted by molar-refractivity contribution is 0.0694. The Morgan fingerprint density at radius 3 is 2.72 bits per heavy atom. The lowest BCUT2D eigenvalue weighted by Crippen LogP contribution is -2.22. The van der Waals surface area contributed by atoms with E-state index in [1.165, 1.54) is 7.11 Å². The lowest BCUT2D eigenvalue weighted by atomic mass is 9.83. The summed E-state index contributed by atoms with van der Waals surface area (Å²) >= 11 is 0. The second-order valence-electron chi connectivity index (χ2n) is 6.09. The molecule has 2 heterocycles. The van der Waals surface area contributed by atoms with E-state index >= 15 is 0 Å². The molecule has 1 N–H and O–H groups in total. The molecule has 0 aliphatic rings. The van der Waals surface area contributed by atoms with Gasteiger partial charge >= 0.3 is 5.97 Å². The fraction of sp³-hybridized carbons (Fsp3) is 0.211. The van der Waals surface area contributed by atoms with Crippen LogP contribution in [0.1, 0.15) is 35.7 Å². The molecule has 0 aliphatic carbocycles. The van der Waals surface area contributed by atoms with Gasteiger partial charge in [-0.2, -0.15) is 0 Å². The molecule has 3 rings (SSSR count). The Balaban J connectivity index is 2.27. The smallest absolute Gasteiger partial charge is 0.339 e. The predicted molar refractivity (Wildman–Crippen MR) is 92.4 cm³/mol. The fourth-order valence-electron chi connectivity index (χ4n) is 2.80. The first kappa shape index (κ1) is 16.5. The molecule has 25 heavy (non-hydrogen) atoms. The molecule has 0 fully saturated rings. The van der Waals surface area contributed by atoms with Crippen molar-refractivity contribution in [1.82, 2.24) is 4.98 Å². The third-order valence-corrected chi connectivity index (χ3v) is 4.16. The van der Waals surface area contributed by atoms with Crippen LogP contribution in [-0.4, -0.2) is 23.2 Å². The van der Waals surface area contributed by atoms with E-state index in [-0.39, 0.29) is 11.3 Å². The number of hydrogen-bond acceptors (Lipinski definition) is 4. The standard InChI is InChI=1S/C19H16N2O4/c1-19(2,14-6-5-7-15(21-14)24-4)17-16(18(22)23)12-9-8-11(20-3)10-13(12)25-17/h5-10H,1-2,4H3,(H,22,23). The molecule has 0 radical (unpaired) electrons. The minimum Gasteiger partial charge on any atom is -0.481 e. The molecule has 2 aromatic heterocycles. The highest BCUT2D eigenvalue weighted by atomic mass is 16.5. The Kier molecular flexibility index (Phi) is 3.93. The summed E-state index contributed by atoms with van der Waals surface area (Å²) in [5, 5.41) is 10.2. The molecule has 6 nitrogen and oxygen atoms in total. The summed E-state index contributed by atoms with van der Waals surface area (Å²) < 4.78 is 11.1. The zero-order chi connectivity index (χ0) is 18.2. The van der Waals surface area contributed by atoms with Crippen LogP contribution in [0.15, 0.2) is 40.8 Å². The van der Waals surface area contributed by atoms with E-state index < -0.39 is 11.4 Å². The summed E-state index contributed by atoms with van der Waals surface area (Å²) in [6, 6.07) is 10.0. The number of aromatic carboxylic acids is 1. The number of aromatic nitrogens is 1. The molecule has 0 atom stereocenters. The van der Waals surface area contributed by atoms with Crippen molar-refractivity contribution in [1.29, 1.82) is 0 Å². The van der Waals surface area contributed by atoms with Gasteiger partial charge in [-0.3, -0.25) is 0 Å². The molecule has 0 bridgehead atoms. The number of carboxylic acids is 1. The lowest BCUT2D eigenvalue weighted by Gasteiger charge is -2.22. The first-order valence-electron chi connectivity index (χ1n) is 7.57. The number of carbonyl (C=O) groups is 1. The van der Waals surface area contributed by atoms with Crippen molar-refractivity contribution in [3.63, 3.8) is 0 Å². The van der Waals surface area contributed by atoms with Crippen molar-refractivity contribution in [2.75, 3.05) is 7.11 Å². The average Bonchev–Trinajstić information content (AvgIpc) is 3.01. The quantitative estimate of drug-likeness (QED) is 0.714. The maximum Gasteiger partial charge on any atom is 0.339 e. The molecular formula is C19H16N2O4. The first-order valence-corrected chi connectivity index (χ1v) is 7.57. The Hall–Kier alpha value is -3.33. The maximum atomic E-state index is 11.9. The molecule has 0 spiro atoms. The van der Waals surface area contributed by atoms with Crippen LogP contribution in [0.3, 0.4) is 0 Å². The summed E-state index contributed by atoms with van der Waals surface area (Å²) in [6.07, 6.45) is 0. The molecule has 0 unspecified atom stereocenters. The van der Waals surface area contributed by atoms with Gasteiger partial charge in [0.05, 0.1) is 24.8 Å². The summed E-state index contributed by atoms with van der Waals surface area (Å²) in [7, 11) is 1.52. The van der Waals surface area contributed by atoms with Gasteiger partial charge in [0.1, 0.15) is 16.9 Å². The van der Waals surface area contributed by atoms with Gasteiger partial charge in [-0.25, -0.2) is 14.6 Å². The van der Waals surface area contributed by atoms with Crippen molar-refractivity contribution in [2.45, 2.75) is 19.3 Å². The highest BCUT2D eigenvalue weighted by Crippen LogP contribution is 2.39. The van der Waals surface area contributed by atoms with E-state index in [4.69, 9.17) is 15.7 Å². The Morgan fingerprint density at radius 2 is 2.08 bits per heavy atom. The summed E-state index contributed by atoms with van der Waals surface area (Å²) in [6.45, 7) is 10.8. The van der Waals surface area contributed by atoms with Crippen molar-refractivity contribution in [3.8, 4) is 5.88 Å². The van der Waals surface area contributed by atoms with Crippen LogP contribution in [0.5, 0.6) is 5.88 Å². The number of pyridine rings is 1. The number of ether oxygens (including phenoxy) is 1. The van der Waals surface area contributed by atoms with Crippen LogP contribution in [0.4, 0.5) is 5.69 Å². The number of rotatable bonds is 4. The van der Waals surface area contributed by atoms with Gasteiger partial charge in [0.2, 0.25) is 5.88 Å². The van der Waals surface area contributed by atoms with Crippen LogP contribution >= 0.6 is 0 Å². The number of carboxylic acid groups (broad SMARTS) is 1. The fourth-order valence-corrected chi connectivity index (χ4v) is 2.80. The predicted octanol–water partition coefficient (Wildman–Crippen LogP) is 4.41. The zero-order valence-corrected chi connectivity index (χ0v) is 14.0. The Labute approximate surface area is 144 Å². The van der Waals surface area contributed by atoms with E-state index in [0.717, 1.165) is 0 Å². The molecule has 126 valence electrons. The van der Waals surface area contributed by atoms with E-state index in [1.807, 2.05) is 13.8 Å². The molecule has 0 amide bonds. The minimum absolute atomic E-state index is 0.0844. The van der Waals surface area contributed by atoms with E-state index in [0.29, 0.717) is 28.2 Å². The third kappa shape index (κ3) is 2.70. The molecule has 1 aromatic carbocycles. The van der Waals surface area contributed by atoms with Gasteiger partial charge in [0, 0.05) is 11.5 Å². The number of fused-ring (bicyclic) bond motifs is 1. The van der Waals surface area contributed by atoms with Crippen molar-refractivity contribution < 1.29 is 19.1 Å². The van der Waals surface area contributed by atoms with Gasteiger partial charge in [-0.05, 0) is 26.0 Å². The van der Waals surface area contributed by atoms with Gasteiger partial charge < -0.3 is 14.3 Å². The zero-order valence-electron chi connectivity index (χ0n) is 14.0. The van der Waals surface area contributed by atoms with Gasteiger partial charge in [0.25, 0.3) is 0 Å². The van der Waals surface area contributed by atoms with E-state index in [9.17, 15) is 9.90 Å². The largest absolute Gasteiger partial charge is 0.481 e. The molecule has 0 saturated carbocycles. The number of hydrogen-bond donors (Lipinski definition) is 1. The highest BCUT2D eigenvalue weighted by Gasteiger charge is 2.35. The second kappa shape index (κ2) is 5.95. The maximum absolute atomic E-state index is 11.9. The summed E-state index contributed by atoms with van der Waals surface area (Å²) in [5.74, 6) is -0.355. The van der Waals surface area contributed by atoms with Crippen LogP contribution in [0.2, 0.25) is 0 Å². The van der Waals surface area contributed by atoms with Gasteiger partial charge in [-0.1, -0.05) is 18.2 Å². The Bertz CT molecular complexity index is 1010. The second-order valence-corrected chi connectivity index (χ2v) is 6.09. The number of benzene rings is 1. The van der Waals surface area contributed by atoms with Crippen LogP contribution in [-0.2, 0) is 5.41 Å². The molecule has 6 heteroatoms. The number of furan rings is 1. The van der Waals surface area contributed by atoms with Crippen LogP contribution in [0, 0.1) is 6.57 Å². The summed E-state index contributed by atoms with van der Waals surface area (Å²) in [4.78, 5) is 19.7. The molecule has 3 aromatic rings. The topological polar surface area (TPSA) is 76.9 Å². The highest BCUT2D eigenvalue weighted by molar-refractivity contribution is 6.04. The van der Waals surface area contributed by atoms with E-state index in [1.54, 1.807) is 36.4 Å². The van der Waals surface area contributed by atoms with Crippen LogP contribution in [0.25, 0.3) is 15.8 Å². The van der Waals surface area contributed by atoms with Gasteiger partial charge in [-0.15, -0.1) is 0 Å². The summed E-state index contributed by atoms with van der Waals surface area (Å²) in [5.41, 5.74) is 0.665. The average molecular weight is 336 g/mol. The van der Waals surface area contributed by atoms with Crippen molar-refractivity contribution >= 4 is 22.6 Å². The monoisotopic (exact) mass is 336 g/mol. The molecule has 0 saturated heterocycles. The number of nitrogens with zero attached hydrogens (tertiary/aromatic N) is 2.